The first-order valence-electron chi connectivity index (χ1n) is 9.55. The fourth-order valence-corrected chi connectivity index (χ4v) is 3.81. The molecule has 0 bridgehead atoms. The summed E-state index contributed by atoms with van der Waals surface area (Å²) in [6.07, 6.45) is 5.02. The van der Waals surface area contributed by atoms with Crippen molar-refractivity contribution in [1.29, 1.82) is 0 Å². The molecule has 2 aliphatic rings. The van der Waals surface area contributed by atoms with Crippen LogP contribution in [0.4, 0.5) is 0 Å². The van der Waals surface area contributed by atoms with Crippen LogP contribution in [-0.2, 0) is 13.0 Å². The number of benzene rings is 1. The van der Waals surface area contributed by atoms with Crippen molar-refractivity contribution in [3.05, 3.63) is 35.4 Å². The van der Waals surface area contributed by atoms with Gasteiger partial charge in [-0.2, -0.15) is 0 Å². The van der Waals surface area contributed by atoms with E-state index in [0.29, 0.717) is 0 Å². The molecule has 0 atom stereocenters. The smallest absolute Gasteiger partial charge is 0.194 e. The lowest BCUT2D eigenvalue weighted by Crippen LogP contribution is -2.44. The van der Waals surface area contributed by atoms with Crippen molar-refractivity contribution in [2.45, 2.75) is 39.2 Å². The van der Waals surface area contributed by atoms with Gasteiger partial charge in [-0.15, -0.1) is 24.0 Å². The van der Waals surface area contributed by atoms with Crippen LogP contribution in [0.5, 0.6) is 0 Å². The number of hydrogen-bond donors (Lipinski definition) is 1. The van der Waals surface area contributed by atoms with Crippen molar-refractivity contribution in [2.24, 2.45) is 10.9 Å². The van der Waals surface area contributed by atoms with Gasteiger partial charge in [-0.1, -0.05) is 24.3 Å². The van der Waals surface area contributed by atoms with Crippen LogP contribution >= 0.6 is 24.0 Å². The molecule has 1 fully saturated rings. The number of hydrogen-bond acceptors (Lipinski definition) is 2. The Labute approximate surface area is 170 Å². The molecule has 0 saturated carbocycles. The molecule has 1 saturated heterocycles. The van der Waals surface area contributed by atoms with E-state index in [1.165, 1.54) is 43.5 Å². The average molecular weight is 456 g/mol. The van der Waals surface area contributed by atoms with Crippen LogP contribution in [0.25, 0.3) is 0 Å². The number of likely N-dealkylation sites (tertiary alicyclic amines) is 1. The highest BCUT2D eigenvalue weighted by Gasteiger charge is 2.19. The Morgan fingerprint density at radius 1 is 1.16 bits per heavy atom. The Bertz CT molecular complexity index is 552. The van der Waals surface area contributed by atoms with Crippen LogP contribution in [0.15, 0.2) is 29.3 Å². The Kier molecular flexibility index (Phi) is 8.49. The van der Waals surface area contributed by atoms with E-state index in [9.17, 15) is 0 Å². The number of rotatable bonds is 4. The van der Waals surface area contributed by atoms with Gasteiger partial charge in [0, 0.05) is 26.2 Å². The molecule has 2 heterocycles. The number of nitrogens with zero attached hydrogens (tertiary/aromatic N) is 3. The van der Waals surface area contributed by atoms with E-state index in [1.807, 2.05) is 0 Å². The van der Waals surface area contributed by atoms with E-state index in [0.717, 1.165) is 44.5 Å². The molecule has 0 unspecified atom stereocenters. The van der Waals surface area contributed by atoms with Crippen molar-refractivity contribution in [3.63, 3.8) is 0 Å². The molecule has 25 heavy (non-hydrogen) atoms. The Morgan fingerprint density at radius 3 is 2.60 bits per heavy atom. The fourth-order valence-electron chi connectivity index (χ4n) is 3.81. The second-order valence-electron chi connectivity index (χ2n) is 7.21. The first-order valence-corrected chi connectivity index (χ1v) is 9.55. The van der Waals surface area contributed by atoms with Crippen LogP contribution in [-0.4, -0.2) is 55.5 Å². The third-order valence-electron chi connectivity index (χ3n) is 5.40. The normalized spacial score (nSPS) is 19.3. The Morgan fingerprint density at radius 2 is 1.88 bits per heavy atom. The van der Waals surface area contributed by atoms with Crippen molar-refractivity contribution < 1.29 is 0 Å². The monoisotopic (exact) mass is 456 g/mol. The first kappa shape index (κ1) is 20.5. The van der Waals surface area contributed by atoms with Crippen LogP contribution in [0.2, 0.25) is 0 Å². The van der Waals surface area contributed by atoms with E-state index < -0.39 is 0 Å². The summed E-state index contributed by atoms with van der Waals surface area (Å²) in [6.45, 7) is 8.59. The summed E-state index contributed by atoms with van der Waals surface area (Å²) < 4.78 is 0. The minimum atomic E-state index is 0. The third-order valence-corrected chi connectivity index (χ3v) is 5.40. The summed E-state index contributed by atoms with van der Waals surface area (Å²) in [4.78, 5) is 9.80. The second-order valence-corrected chi connectivity index (χ2v) is 7.21. The maximum Gasteiger partial charge on any atom is 0.194 e. The third kappa shape index (κ3) is 5.84. The van der Waals surface area contributed by atoms with Gasteiger partial charge in [0.2, 0.25) is 0 Å². The van der Waals surface area contributed by atoms with Crippen LogP contribution in [0.1, 0.15) is 37.3 Å². The minimum absolute atomic E-state index is 0. The molecular formula is C20H33IN4. The van der Waals surface area contributed by atoms with Crippen LogP contribution in [0.3, 0.4) is 0 Å². The molecule has 0 aromatic heterocycles. The van der Waals surface area contributed by atoms with Gasteiger partial charge in [-0.05, 0) is 69.8 Å². The van der Waals surface area contributed by atoms with Crippen LogP contribution < -0.4 is 5.32 Å². The second kappa shape index (κ2) is 10.4. The number of nitrogens with one attached hydrogen (secondary N) is 1. The summed E-state index contributed by atoms with van der Waals surface area (Å²) in [6, 6.07) is 8.81. The zero-order valence-electron chi connectivity index (χ0n) is 15.7. The summed E-state index contributed by atoms with van der Waals surface area (Å²) in [5.74, 6) is 1.95. The maximum absolute atomic E-state index is 4.94. The lowest BCUT2D eigenvalue weighted by atomic mass is 9.94. The van der Waals surface area contributed by atoms with Crippen molar-refractivity contribution in [3.8, 4) is 0 Å². The molecule has 1 N–H and O–H groups in total. The van der Waals surface area contributed by atoms with E-state index in [2.05, 4.69) is 53.4 Å². The molecule has 1 aromatic rings. The van der Waals surface area contributed by atoms with E-state index in [4.69, 9.17) is 4.99 Å². The highest BCUT2D eigenvalue weighted by Crippen LogP contribution is 2.20. The Balaban J connectivity index is 0.00000225. The number of halogens is 1. The number of fused-ring (bicyclic) bond motifs is 1. The summed E-state index contributed by atoms with van der Waals surface area (Å²) in [5, 5.41) is 3.50. The molecule has 2 aliphatic heterocycles. The highest BCUT2D eigenvalue weighted by atomic mass is 127. The minimum Gasteiger partial charge on any atom is -0.357 e. The van der Waals surface area contributed by atoms with E-state index >= 15 is 0 Å². The molecule has 4 nitrogen and oxygen atoms in total. The topological polar surface area (TPSA) is 30.9 Å². The molecular weight excluding hydrogens is 423 g/mol. The van der Waals surface area contributed by atoms with E-state index in [-0.39, 0.29) is 24.0 Å². The lowest BCUT2D eigenvalue weighted by Gasteiger charge is -2.32. The van der Waals surface area contributed by atoms with E-state index in [1.54, 1.807) is 0 Å². The largest absolute Gasteiger partial charge is 0.357 e. The number of piperidine rings is 1. The number of aliphatic imine (C=N–C) groups is 1. The Hall–Kier alpha value is -0.820. The summed E-state index contributed by atoms with van der Waals surface area (Å²) >= 11 is 0. The zero-order valence-corrected chi connectivity index (χ0v) is 18.0. The van der Waals surface area contributed by atoms with Gasteiger partial charge < -0.3 is 15.1 Å². The van der Waals surface area contributed by atoms with Gasteiger partial charge in [0.25, 0.3) is 0 Å². The maximum atomic E-state index is 4.94. The van der Waals surface area contributed by atoms with Crippen molar-refractivity contribution in [2.75, 3.05) is 39.8 Å². The van der Waals surface area contributed by atoms with Crippen molar-refractivity contribution >= 4 is 29.9 Å². The van der Waals surface area contributed by atoms with Crippen molar-refractivity contribution in [1.82, 2.24) is 15.1 Å². The molecule has 0 spiro atoms. The lowest BCUT2D eigenvalue weighted by molar-refractivity contribution is 0.214. The molecule has 0 amide bonds. The SMILES string of the molecule is CCNC(=NCCC1CCN(C)CC1)N1CCc2ccccc2C1.I. The fraction of sp³-hybridized carbons (Fsp3) is 0.650. The molecule has 140 valence electrons. The predicted octanol–water partition coefficient (Wildman–Crippen LogP) is 3.36. The van der Waals surface area contributed by atoms with Crippen LogP contribution in [0, 0.1) is 5.92 Å². The van der Waals surface area contributed by atoms with Gasteiger partial charge in [0.1, 0.15) is 0 Å². The first-order chi connectivity index (χ1) is 11.8. The molecule has 1 aromatic carbocycles. The van der Waals surface area contributed by atoms with Gasteiger partial charge in [0.05, 0.1) is 0 Å². The summed E-state index contributed by atoms with van der Waals surface area (Å²) in [7, 11) is 2.23. The molecule has 5 heteroatoms. The van der Waals surface area contributed by atoms with Gasteiger partial charge in [0.15, 0.2) is 5.96 Å². The average Bonchev–Trinajstić information content (AvgIpc) is 2.62. The standard InChI is InChI=1S/C20H32N4.HI/c1-3-21-20(22-12-8-17-9-13-23(2)14-10-17)24-15-11-18-6-4-5-7-19(18)16-24;/h4-7,17H,3,8-16H2,1-2H3,(H,21,22);1H. The molecule has 0 aliphatic carbocycles. The van der Waals surface area contributed by atoms with Gasteiger partial charge in [-0.3, -0.25) is 4.99 Å². The molecule has 0 radical (unpaired) electrons. The molecule has 3 rings (SSSR count). The summed E-state index contributed by atoms with van der Waals surface area (Å²) in [5.41, 5.74) is 2.94. The van der Waals surface area contributed by atoms with Gasteiger partial charge in [-0.25, -0.2) is 0 Å². The van der Waals surface area contributed by atoms with Gasteiger partial charge >= 0.3 is 0 Å². The zero-order chi connectivity index (χ0) is 16.8. The highest BCUT2D eigenvalue weighted by molar-refractivity contribution is 14.0. The number of guanidine groups is 1. The predicted molar refractivity (Wildman–Crippen MR) is 117 cm³/mol. The quantitative estimate of drug-likeness (QED) is 0.428.